The van der Waals surface area contributed by atoms with Crippen molar-refractivity contribution in [1.82, 2.24) is 9.97 Å². The quantitative estimate of drug-likeness (QED) is 0.667. The smallest absolute Gasteiger partial charge is 0.334 e. The molecule has 0 spiro atoms. The van der Waals surface area contributed by atoms with Crippen molar-refractivity contribution in [3.05, 3.63) is 17.0 Å². The van der Waals surface area contributed by atoms with Crippen molar-refractivity contribution in [2.75, 3.05) is 25.1 Å². The number of aliphatic hydroxyl groups is 1. The minimum absolute atomic E-state index is 0.0721. The second-order valence-corrected chi connectivity index (χ2v) is 5.28. The summed E-state index contributed by atoms with van der Waals surface area (Å²) in [4.78, 5) is 21.8. The Balaban J connectivity index is 1.99. The van der Waals surface area contributed by atoms with Gasteiger partial charge in [-0.05, 0) is 25.7 Å². The minimum Gasteiger partial charge on any atom is -0.467 e. The summed E-state index contributed by atoms with van der Waals surface area (Å²) in [5.74, 6) is 0.777. The number of rotatable bonds is 3. The fourth-order valence-corrected chi connectivity index (χ4v) is 2.66. The molecule has 1 fully saturated rings. The molecule has 6 nitrogen and oxygen atoms in total. The van der Waals surface area contributed by atoms with Gasteiger partial charge in [0.05, 0.1) is 7.11 Å². The summed E-state index contributed by atoms with van der Waals surface area (Å²) in [5.41, 5.74) is 0. The molecule has 1 saturated heterocycles. The first-order chi connectivity index (χ1) is 9.51. The number of ether oxygens (including phenoxy) is 1. The largest absolute Gasteiger partial charge is 0.467 e. The highest BCUT2D eigenvalue weighted by Crippen LogP contribution is 2.25. The average molecular weight is 300 g/mol. The first-order valence-electron chi connectivity index (χ1n) is 6.53. The van der Waals surface area contributed by atoms with Crippen LogP contribution in [0, 0.1) is 12.8 Å². The SMILES string of the molecule is COC(=O)C(O)C1CCN(c2cc(Cl)nc(C)n2)CC1. The summed E-state index contributed by atoms with van der Waals surface area (Å²) in [5, 5.41) is 10.3. The summed E-state index contributed by atoms with van der Waals surface area (Å²) in [6.07, 6.45) is 0.367. The van der Waals surface area contributed by atoms with E-state index in [0.29, 0.717) is 36.9 Å². The van der Waals surface area contributed by atoms with Gasteiger partial charge in [-0.3, -0.25) is 0 Å². The Labute approximate surface area is 122 Å². The molecule has 7 heteroatoms. The van der Waals surface area contributed by atoms with E-state index in [1.165, 1.54) is 7.11 Å². The maximum absolute atomic E-state index is 11.3. The number of aliphatic hydroxyl groups excluding tert-OH is 1. The average Bonchev–Trinajstić information content (AvgIpc) is 2.45. The number of hydrogen-bond donors (Lipinski definition) is 1. The summed E-state index contributed by atoms with van der Waals surface area (Å²) in [6, 6.07) is 1.73. The standard InChI is InChI=1S/C13H18ClN3O3/c1-8-15-10(14)7-11(16-8)17-5-3-9(4-6-17)12(18)13(19)20-2/h7,9,12,18H,3-6H2,1-2H3. The molecule has 0 aromatic carbocycles. The molecule has 1 aromatic rings. The van der Waals surface area contributed by atoms with Gasteiger partial charge in [0.2, 0.25) is 0 Å². The fraction of sp³-hybridized carbons (Fsp3) is 0.615. The monoisotopic (exact) mass is 299 g/mol. The summed E-state index contributed by atoms with van der Waals surface area (Å²) >= 11 is 5.93. The maximum atomic E-state index is 11.3. The minimum atomic E-state index is -1.04. The van der Waals surface area contributed by atoms with Gasteiger partial charge in [0, 0.05) is 19.2 Å². The van der Waals surface area contributed by atoms with Crippen LogP contribution in [-0.2, 0) is 9.53 Å². The normalized spacial score (nSPS) is 17.9. The molecule has 1 aromatic heterocycles. The Kier molecular flexibility index (Phi) is 4.77. The van der Waals surface area contributed by atoms with Crippen LogP contribution in [0.15, 0.2) is 6.07 Å². The van der Waals surface area contributed by atoms with Crippen molar-refractivity contribution >= 4 is 23.4 Å². The van der Waals surface area contributed by atoms with E-state index in [4.69, 9.17) is 11.6 Å². The van der Waals surface area contributed by atoms with Crippen LogP contribution in [0.3, 0.4) is 0 Å². The van der Waals surface area contributed by atoms with Gasteiger partial charge in [-0.2, -0.15) is 0 Å². The highest BCUT2D eigenvalue weighted by molar-refractivity contribution is 6.29. The van der Waals surface area contributed by atoms with Gasteiger partial charge >= 0.3 is 5.97 Å². The molecular weight excluding hydrogens is 282 g/mol. The topological polar surface area (TPSA) is 75.6 Å². The zero-order chi connectivity index (χ0) is 14.7. The molecular formula is C13H18ClN3O3. The summed E-state index contributed by atoms with van der Waals surface area (Å²) < 4.78 is 4.57. The number of aryl methyl sites for hydroxylation is 1. The van der Waals surface area contributed by atoms with E-state index in [-0.39, 0.29) is 5.92 Å². The third-order valence-electron chi connectivity index (χ3n) is 3.55. The van der Waals surface area contributed by atoms with Crippen LogP contribution in [0.2, 0.25) is 5.15 Å². The van der Waals surface area contributed by atoms with Crippen molar-refractivity contribution < 1.29 is 14.6 Å². The number of anilines is 1. The van der Waals surface area contributed by atoms with Crippen molar-refractivity contribution in [1.29, 1.82) is 0 Å². The molecule has 1 unspecified atom stereocenters. The van der Waals surface area contributed by atoms with Gasteiger partial charge in [-0.15, -0.1) is 0 Å². The van der Waals surface area contributed by atoms with E-state index in [9.17, 15) is 9.90 Å². The third kappa shape index (κ3) is 3.37. The van der Waals surface area contributed by atoms with Crippen LogP contribution in [0.1, 0.15) is 18.7 Å². The molecule has 0 radical (unpaired) electrons. The molecule has 20 heavy (non-hydrogen) atoms. The van der Waals surface area contributed by atoms with E-state index < -0.39 is 12.1 Å². The van der Waals surface area contributed by atoms with Gasteiger partial charge in [0.25, 0.3) is 0 Å². The van der Waals surface area contributed by atoms with Crippen LogP contribution >= 0.6 is 11.6 Å². The van der Waals surface area contributed by atoms with Gasteiger partial charge < -0.3 is 14.7 Å². The van der Waals surface area contributed by atoms with Crippen LogP contribution in [-0.4, -0.2) is 47.3 Å². The lowest BCUT2D eigenvalue weighted by Gasteiger charge is -2.34. The van der Waals surface area contributed by atoms with Crippen molar-refractivity contribution in [3.63, 3.8) is 0 Å². The Morgan fingerprint density at radius 1 is 1.50 bits per heavy atom. The second kappa shape index (κ2) is 6.37. The zero-order valence-electron chi connectivity index (χ0n) is 11.5. The number of methoxy groups -OCH3 is 1. The number of aromatic nitrogens is 2. The molecule has 1 aliphatic heterocycles. The predicted molar refractivity (Wildman–Crippen MR) is 74.7 cm³/mol. The number of carbonyl (C=O) groups is 1. The fourth-order valence-electron chi connectivity index (χ4n) is 2.44. The first kappa shape index (κ1) is 15.0. The summed E-state index contributed by atoms with van der Waals surface area (Å²) in [6.45, 7) is 3.22. The molecule has 0 amide bonds. The molecule has 2 heterocycles. The van der Waals surface area contributed by atoms with Crippen LogP contribution in [0.25, 0.3) is 0 Å². The zero-order valence-corrected chi connectivity index (χ0v) is 12.3. The van der Waals surface area contributed by atoms with Gasteiger partial charge in [-0.1, -0.05) is 11.6 Å². The maximum Gasteiger partial charge on any atom is 0.334 e. The number of nitrogens with zero attached hydrogens (tertiary/aromatic N) is 3. The van der Waals surface area contributed by atoms with Gasteiger partial charge in [0.1, 0.15) is 16.8 Å². The Bertz CT molecular complexity index is 469. The summed E-state index contributed by atoms with van der Waals surface area (Å²) in [7, 11) is 1.28. The first-order valence-corrected chi connectivity index (χ1v) is 6.91. The van der Waals surface area contributed by atoms with Gasteiger partial charge in [0.15, 0.2) is 6.10 Å². The number of carbonyl (C=O) groups excluding carboxylic acids is 1. The van der Waals surface area contributed by atoms with Crippen LogP contribution in [0.4, 0.5) is 5.82 Å². The number of halogens is 1. The Hall–Kier alpha value is -1.40. The lowest BCUT2D eigenvalue weighted by molar-refractivity contribution is -0.153. The van der Waals surface area contributed by atoms with E-state index in [1.54, 1.807) is 13.0 Å². The molecule has 0 saturated carbocycles. The molecule has 1 aliphatic rings. The van der Waals surface area contributed by atoms with Crippen molar-refractivity contribution in [2.24, 2.45) is 5.92 Å². The number of esters is 1. The number of piperidine rings is 1. The van der Waals surface area contributed by atoms with E-state index in [1.807, 2.05) is 0 Å². The van der Waals surface area contributed by atoms with E-state index in [2.05, 4.69) is 19.6 Å². The molecule has 0 bridgehead atoms. The van der Waals surface area contributed by atoms with Crippen LogP contribution in [0.5, 0.6) is 0 Å². The highest BCUT2D eigenvalue weighted by atomic mass is 35.5. The Morgan fingerprint density at radius 3 is 2.70 bits per heavy atom. The number of hydrogen-bond acceptors (Lipinski definition) is 6. The third-order valence-corrected chi connectivity index (χ3v) is 3.74. The van der Waals surface area contributed by atoms with E-state index in [0.717, 1.165) is 5.82 Å². The highest BCUT2D eigenvalue weighted by Gasteiger charge is 2.30. The Morgan fingerprint density at radius 2 is 2.15 bits per heavy atom. The predicted octanol–water partition coefficient (Wildman–Crippen LogP) is 1.19. The van der Waals surface area contributed by atoms with Crippen molar-refractivity contribution in [2.45, 2.75) is 25.9 Å². The molecule has 1 N–H and O–H groups in total. The van der Waals surface area contributed by atoms with E-state index >= 15 is 0 Å². The lowest BCUT2D eigenvalue weighted by atomic mass is 9.91. The van der Waals surface area contributed by atoms with Crippen molar-refractivity contribution in [3.8, 4) is 0 Å². The van der Waals surface area contributed by atoms with Gasteiger partial charge in [-0.25, -0.2) is 14.8 Å². The van der Waals surface area contributed by atoms with Crippen LogP contribution < -0.4 is 4.90 Å². The molecule has 2 rings (SSSR count). The lowest BCUT2D eigenvalue weighted by Crippen LogP contribution is -2.41. The molecule has 110 valence electrons. The molecule has 1 atom stereocenters. The molecule has 0 aliphatic carbocycles. The second-order valence-electron chi connectivity index (χ2n) is 4.89.